The quantitative estimate of drug-likeness (QED) is 0.888. The van der Waals surface area contributed by atoms with Crippen molar-refractivity contribution in [2.24, 2.45) is 5.92 Å². The predicted molar refractivity (Wildman–Crippen MR) is 72.3 cm³/mol. The van der Waals surface area contributed by atoms with E-state index in [1.165, 1.54) is 12.5 Å². The number of hydrogen-bond acceptors (Lipinski definition) is 2. The zero-order valence-electron chi connectivity index (χ0n) is 11.0. The summed E-state index contributed by atoms with van der Waals surface area (Å²) in [5.41, 5.74) is 0.651. The van der Waals surface area contributed by atoms with Crippen molar-refractivity contribution in [3.63, 3.8) is 0 Å². The van der Waals surface area contributed by atoms with Crippen molar-refractivity contribution < 1.29 is 9.50 Å². The van der Waals surface area contributed by atoms with E-state index in [0.717, 1.165) is 32.4 Å². The number of anilines is 1. The highest BCUT2D eigenvalue weighted by molar-refractivity contribution is 5.47. The van der Waals surface area contributed by atoms with Gasteiger partial charge < -0.3 is 10.0 Å². The van der Waals surface area contributed by atoms with Crippen molar-refractivity contribution in [2.45, 2.75) is 38.7 Å². The molecule has 1 aromatic carbocycles. The average Bonchev–Trinajstić information content (AvgIpc) is 2.39. The van der Waals surface area contributed by atoms with Crippen LogP contribution in [0.5, 0.6) is 0 Å². The second-order valence-electron chi connectivity index (χ2n) is 5.10. The molecular weight excluding hydrogens is 229 g/mol. The van der Waals surface area contributed by atoms with E-state index in [4.69, 9.17) is 0 Å². The molecule has 1 aromatic rings. The summed E-state index contributed by atoms with van der Waals surface area (Å²) in [4.78, 5) is 2.04. The smallest absolute Gasteiger partial charge is 0.146 e. The Labute approximate surface area is 108 Å². The molecular formula is C15H22FNO. The standard InChI is InChI=1S/C15H22FNO/c1-2-17(14-9-5-4-8-13(14)16)11-12-7-3-6-10-15(12)18/h4-5,8-9,12,15,18H,2-3,6-7,10-11H2,1H3. The maximum Gasteiger partial charge on any atom is 0.146 e. The van der Waals surface area contributed by atoms with Crippen molar-refractivity contribution in [2.75, 3.05) is 18.0 Å². The third kappa shape index (κ3) is 3.02. The van der Waals surface area contributed by atoms with Gasteiger partial charge >= 0.3 is 0 Å². The molecule has 2 nitrogen and oxygen atoms in total. The molecule has 2 unspecified atom stereocenters. The number of nitrogens with zero attached hydrogens (tertiary/aromatic N) is 1. The summed E-state index contributed by atoms with van der Waals surface area (Å²) in [6, 6.07) is 6.88. The van der Waals surface area contributed by atoms with Crippen LogP contribution in [0, 0.1) is 11.7 Å². The highest BCUT2D eigenvalue weighted by Gasteiger charge is 2.25. The molecule has 1 aliphatic rings. The number of halogens is 1. The van der Waals surface area contributed by atoms with Crippen molar-refractivity contribution in [1.29, 1.82) is 0 Å². The van der Waals surface area contributed by atoms with Crippen LogP contribution in [-0.4, -0.2) is 24.3 Å². The Balaban J connectivity index is 2.07. The molecule has 3 heteroatoms. The van der Waals surface area contributed by atoms with Crippen LogP contribution >= 0.6 is 0 Å². The van der Waals surface area contributed by atoms with Gasteiger partial charge in [0.1, 0.15) is 5.82 Å². The number of rotatable bonds is 4. The van der Waals surface area contributed by atoms with E-state index in [-0.39, 0.29) is 17.8 Å². The number of aliphatic hydroxyl groups is 1. The van der Waals surface area contributed by atoms with Crippen molar-refractivity contribution in [1.82, 2.24) is 0 Å². The molecule has 0 saturated heterocycles. The third-order valence-electron chi connectivity index (χ3n) is 3.90. The van der Waals surface area contributed by atoms with Crippen LogP contribution in [0.4, 0.5) is 10.1 Å². The predicted octanol–water partition coefficient (Wildman–Crippen LogP) is 3.20. The van der Waals surface area contributed by atoms with Gasteiger partial charge in [-0.2, -0.15) is 0 Å². The lowest BCUT2D eigenvalue weighted by Gasteiger charge is -2.33. The number of aliphatic hydroxyl groups excluding tert-OH is 1. The van der Waals surface area contributed by atoms with Gasteiger partial charge in [0.15, 0.2) is 0 Å². The van der Waals surface area contributed by atoms with Crippen LogP contribution < -0.4 is 4.90 Å². The van der Waals surface area contributed by atoms with Gasteiger partial charge in [-0.25, -0.2) is 4.39 Å². The van der Waals surface area contributed by atoms with Gasteiger partial charge in [-0.3, -0.25) is 0 Å². The van der Waals surface area contributed by atoms with Gasteiger partial charge in [0.25, 0.3) is 0 Å². The zero-order chi connectivity index (χ0) is 13.0. The van der Waals surface area contributed by atoms with Crippen LogP contribution in [0.3, 0.4) is 0 Å². The fraction of sp³-hybridized carbons (Fsp3) is 0.600. The van der Waals surface area contributed by atoms with E-state index in [1.54, 1.807) is 6.07 Å². The van der Waals surface area contributed by atoms with Gasteiger partial charge in [0, 0.05) is 19.0 Å². The Morgan fingerprint density at radius 1 is 1.28 bits per heavy atom. The second-order valence-corrected chi connectivity index (χ2v) is 5.10. The first-order valence-corrected chi connectivity index (χ1v) is 6.90. The van der Waals surface area contributed by atoms with Crippen LogP contribution in [-0.2, 0) is 0 Å². The van der Waals surface area contributed by atoms with Crippen LogP contribution in [0.2, 0.25) is 0 Å². The highest BCUT2D eigenvalue weighted by atomic mass is 19.1. The van der Waals surface area contributed by atoms with Gasteiger partial charge in [-0.05, 0) is 31.9 Å². The molecule has 0 spiro atoms. The van der Waals surface area contributed by atoms with Crippen LogP contribution in [0.15, 0.2) is 24.3 Å². The van der Waals surface area contributed by atoms with E-state index in [0.29, 0.717) is 5.69 Å². The van der Waals surface area contributed by atoms with Crippen LogP contribution in [0.25, 0.3) is 0 Å². The van der Waals surface area contributed by atoms with Crippen LogP contribution in [0.1, 0.15) is 32.6 Å². The Kier molecular flexibility index (Phi) is 4.59. The minimum absolute atomic E-state index is 0.176. The number of para-hydroxylation sites is 1. The molecule has 18 heavy (non-hydrogen) atoms. The topological polar surface area (TPSA) is 23.5 Å². The molecule has 2 rings (SSSR count). The van der Waals surface area contributed by atoms with Crippen molar-refractivity contribution >= 4 is 5.69 Å². The Hall–Kier alpha value is -1.09. The molecule has 0 amide bonds. The van der Waals surface area contributed by atoms with Gasteiger partial charge in [-0.15, -0.1) is 0 Å². The van der Waals surface area contributed by atoms with Gasteiger partial charge in [0.05, 0.1) is 11.8 Å². The largest absolute Gasteiger partial charge is 0.393 e. The molecule has 0 aliphatic heterocycles. The maximum absolute atomic E-state index is 13.8. The second kappa shape index (κ2) is 6.19. The zero-order valence-corrected chi connectivity index (χ0v) is 11.0. The first kappa shape index (κ1) is 13.3. The molecule has 0 aromatic heterocycles. The first-order valence-electron chi connectivity index (χ1n) is 6.90. The first-order chi connectivity index (χ1) is 8.72. The van der Waals surface area contributed by atoms with Crippen molar-refractivity contribution in [3.05, 3.63) is 30.1 Å². The van der Waals surface area contributed by atoms with E-state index in [1.807, 2.05) is 24.0 Å². The SMILES string of the molecule is CCN(CC1CCCCC1O)c1ccccc1F. The summed E-state index contributed by atoms with van der Waals surface area (Å²) >= 11 is 0. The lowest BCUT2D eigenvalue weighted by molar-refractivity contribution is 0.0731. The molecule has 1 fully saturated rings. The normalized spacial score (nSPS) is 23.9. The van der Waals surface area contributed by atoms with Gasteiger partial charge in [0.2, 0.25) is 0 Å². The average molecular weight is 251 g/mol. The summed E-state index contributed by atoms with van der Waals surface area (Å²) in [6.07, 6.45) is 4.01. The minimum atomic E-state index is -0.223. The summed E-state index contributed by atoms with van der Waals surface area (Å²) in [7, 11) is 0. The molecule has 100 valence electrons. The summed E-state index contributed by atoms with van der Waals surface area (Å²) in [5.74, 6) is 0.1000. The summed E-state index contributed by atoms with van der Waals surface area (Å²) < 4.78 is 13.8. The third-order valence-corrected chi connectivity index (χ3v) is 3.90. The molecule has 0 radical (unpaired) electrons. The summed E-state index contributed by atoms with van der Waals surface area (Å²) in [5, 5.41) is 10.0. The minimum Gasteiger partial charge on any atom is -0.393 e. The highest BCUT2D eigenvalue weighted by Crippen LogP contribution is 2.27. The number of benzene rings is 1. The Morgan fingerprint density at radius 2 is 2.00 bits per heavy atom. The van der Waals surface area contributed by atoms with E-state index < -0.39 is 0 Å². The molecule has 1 aliphatic carbocycles. The fourth-order valence-corrected chi connectivity index (χ4v) is 2.79. The van der Waals surface area contributed by atoms with E-state index in [2.05, 4.69) is 0 Å². The Morgan fingerprint density at radius 3 is 2.67 bits per heavy atom. The number of hydrogen-bond donors (Lipinski definition) is 1. The Bertz CT molecular complexity index is 383. The monoisotopic (exact) mass is 251 g/mol. The molecule has 0 heterocycles. The van der Waals surface area contributed by atoms with Crippen molar-refractivity contribution in [3.8, 4) is 0 Å². The molecule has 2 atom stereocenters. The molecule has 1 saturated carbocycles. The van der Waals surface area contributed by atoms with E-state index in [9.17, 15) is 9.50 Å². The lowest BCUT2D eigenvalue weighted by atomic mass is 9.86. The van der Waals surface area contributed by atoms with E-state index >= 15 is 0 Å². The maximum atomic E-state index is 13.8. The molecule has 0 bridgehead atoms. The fourth-order valence-electron chi connectivity index (χ4n) is 2.79. The lowest BCUT2D eigenvalue weighted by Crippen LogP contribution is -2.37. The molecule has 1 N–H and O–H groups in total. The van der Waals surface area contributed by atoms with Gasteiger partial charge in [-0.1, -0.05) is 25.0 Å². The summed E-state index contributed by atoms with van der Waals surface area (Å²) in [6.45, 7) is 3.55.